The minimum absolute atomic E-state index is 0.214. The smallest absolute Gasteiger partial charge is 0.317 e. The Hall–Kier alpha value is -1.68. The molecular formula is C24H34O4. The Bertz CT molecular complexity index is 767. The van der Waals surface area contributed by atoms with E-state index in [1.165, 1.54) is 11.1 Å². The first-order chi connectivity index (χ1) is 13.1. The van der Waals surface area contributed by atoms with Gasteiger partial charge in [-0.05, 0) is 69.9 Å². The zero-order valence-corrected chi connectivity index (χ0v) is 18.0. The number of ether oxygens (including phenoxy) is 1. The number of hydrogen-bond acceptors (Lipinski definition) is 4. The van der Waals surface area contributed by atoms with Gasteiger partial charge in [0.05, 0.1) is 17.9 Å². The largest absolute Gasteiger partial charge is 0.430 e. The molecule has 4 heteroatoms. The van der Waals surface area contributed by atoms with Gasteiger partial charge in [-0.25, -0.2) is 0 Å². The predicted octanol–water partition coefficient (Wildman–Crippen LogP) is 4.74. The lowest BCUT2D eigenvalue weighted by atomic mass is 9.69. The lowest BCUT2D eigenvalue weighted by molar-refractivity contribution is -0.142. The molecule has 3 rings (SSSR count). The van der Waals surface area contributed by atoms with Crippen LogP contribution in [0.25, 0.3) is 0 Å². The van der Waals surface area contributed by atoms with Crippen molar-refractivity contribution in [3.05, 3.63) is 34.6 Å². The average Bonchev–Trinajstić information content (AvgIpc) is 3.05. The average molecular weight is 387 g/mol. The summed E-state index contributed by atoms with van der Waals surface area (Å²) in [5.74, 6) is 0.429. The molecule has 0 aromatic carbocycles. The molecule has 5 atom stereocenters. The van der Waals surface area contributed by atoms with Crippen LogP contribution in [0.1, 0.15) is 67.2 Å². The second-order valence-electron chi connectivity index (χ2n) is 9.54. The van der Waals surface area contributed by atoms with Gasteiger partial charge in [-0.15, -0.1) is 0 Å². The lowest BCUT2D eigenvalue weighted by Gasteiger charge is -2.33. The number of hydrogen-bond donors (Lipinski definition) is 1. The van der Waals surface area contributed by atoms with Gasteiger partial charge in [0.25, 0.3) is 0 Å². The highest BCUT2D eigenvalue weighted by atomic mass is 16.5. The number of fused-ring (bicyclic) bond motifs is 2. The van der Waals surface area contributed by atoms with Gasteiger partial charge < -0.3 is 9.84 Å². The Kier molecular flexibility index (Phi) is 5.73. The Morgan fingerprint density at radius 3 is 2.46 bits per heavy atom. The van der Waals surface area contributed by atoms with Crippen molar-refractivity contribution in [3.8, 4) is 0 Å². The molecule has 1 aliphatic heterocycles. The topological polar surface area (TPSA) is 63.6 Å². The first-order valence-corrected chi connectivity index (χ1v) is 10.6. The fraction of sp³-hybridized carbons (Fsp3) is 0.667. The molecule has 1 saturated heterocycles. The number of allylic oxidation sites excluding steroid dienone is 5. The highest BCUT2D eigenvalue weighted by Crippen LogP contribution is 2.50. The van der Waals surface area contributed by atoms with Gasteiger partial charge >= 0.3 is 5.97 Å². The lowest BCUT2D eigenvalue weighted by Crippen LogP contribution is -2.32. The third-order valence-electron chi connectivity index (χ3n) is 7.12. The monoisotopic (exact) mass is 386 g/mol. The molecule has 4 nitrogen and oxygen atoms in total. The quantitative estimate of drug-likeness (QED) is 0.550. The highest BCUT2D eigenvalue weighted by Gasteiger charge is 2.48. The summed E-state index contributed by atoms with van der Waals surface area (Å²) in [7, 11) is 0. The molecule has 0 radical (unpaired) electrons. The summed E-state index contributed by atoms with van der Waals surface area (Å²) < 4.78 is 5.64. The summed E-state index contributed by atoms with van der Waals surface area (Å²) >= 11 is 0. The van der Waals surface area contributed by atoms with Gasteiger partial charge in [-0.2, -0.15) is 0 Å². The summed E-state index contributed by atoms with van der Waals surface area (Å²) in [6.45, 7) is 12.2. The summed E-state index contributed by atoms with van der Waals surface area (Å²) in [6, 6.07) is 0. The van der Waals surface area contributed by atoms with Crippen LogP contribution in [0.3, 0.4) is 0 Å². The van der Waals surface area contributed by atoms with Crippen molar-refractivity contribution >= 4 is 11.8 Å². The van der Waals surface area contributed by atoms with E-state index in [1.807, 2.05) is 13.0 Å². The van der Waals surface area contributed by atoms with Crippen LogP contribution in [0.5, 0.6) is 0 Å². The van der Waals surface area contributed by atoms with Gasteiger partial charge in [0, 0.05) is 5.41 Å². The third kappa shape index (κ3) is 3.52. The zero-order valence-electron chi connectivity index (χ0n) is 18.0. The number of rotatable bonds is 2. The maximum atomic E-state index is 13.0. The molecule has 154 valence electrons. The summed E-state index contributed by atoms with van der Waals surface area (Å²) in [6.07, 6.45) is 6.53. The number of aliphatic hydroxyl groups is 1. The summed E-state index contributed by atoms with van der Waals surface area (Å²) in [5, 5.41) is 10.2. The van der Waals surface area contributed by atoms with E-state index < -0.39 is 17.4 Å². The van der Waals surface area contributed by atoms with Crippen LogP contribution in [-0.2, 0) is 14.3 Å². The van der Waals surface area contributed by atoms with Gasteiger partial charge in [0.2, 0.25) is 0 Å². The van der Waals surface area contributed by atoms with Crippen molar-refractivity contribution in [1.82, 2.24) is 0 Å². The van der Waals surface area contributed by atoms with E-state index in [0.717, 1.165) is 31.3 Å². The molecule has 0 saturated carbocycles. The van der Waals surface area contributed by atoms with Crippen molar-refractivity contribution in [2.24, 2.45) is 29.1 Å². The van der Waals surface area contributed by atoms with E-state index in [-0.39, 0.29) is 23.6 Å². The fourth-order valence-electron chi connectivity index (χ4n) is 5.24. The number of carbonyl (C=O) groups is 2. The first-order valence-electron chi connectivity index (χ1n) is 10.6. The Labute approximate surface area is 168 Å². The van der Waals surface area contributed by atoms with Crippen LogP contribution >= 0.6 is 0 Å². The minimum atomic E-state index is -0.758. The standard InChI is InChI=1S/C24H34O4/c1-13(2)17-12-20(26)24(6)10-9-15(4)22-18(11-14(3)7-8-19(17)24)21(16(5)25)23(27)28-22/h11-13,16,18-19,21,25H,7-10H2,1-6H3/b14-11+,22-15+/t16-,18-,19+,21+,24+/m0/s1. The maximum Gasteiger partial charge on any atom is 0.317 e. The van der Waals surface area contributed by atoms with Crippen molar-refractivity contribution in [2.45, 2.75) is 73.3 Å². The van der Waals surface area contributed by atoms with E-state index in [0.29, 0.717) is 11.7 Å². The Morgan fingerprint density at radius 1 is 1.18 bits per heavy atom. The number of carbonyl (C=O) groups excluding carboxylic acids is 2. The van der Waals surface area contributed by atoms with Crippen LogP contribution in [-0.4, -0.2) is 23.0 Å². The molecule has 0 spiro atoms. The number of esters is 1. The predicted molar refractivity (Wildman–Crippen MR) is 109 cm³/mol. The van der Waals surface area contributed by atoms with Gasteiger partial charge in [-0.1, -0.05) is 38.0 Å². The van der Waals surface area contributed by atoms with Crippen LogP contribution in [0.15, 0.2) is 34.6 Å². The molecule has 0 aromatic rings. The molecular weight excluding hydrogens is 352 g/mol. The Morgan fingerprint density at radius 2 is 1.86 bits per heavy atom. The molecule has 0 amide bonds. The maximum absolute atomic E-state index is 13.0. The third-order valence-corrected chi connectivity index (χ3v) is 7.12. The van der Waals surface area contributed by atoms with Crippen LogP contribution in [0.4, 0.5) is 0 Å². The normalized spacial score (nSPS) is 39.5. The van der Waals surface area contributed by atoms with Crippen molar-refractivity contribution in [2.75, 3.05) is 0 Å². The molecule has 0 unspecified atom stereocenters. The summed E-state index contributed by atoms with van der Waals surface area (Å²) in [4.78, 5) is 25.4. The van der Waals surface area contributed by atoms with Crippen LogP contribution < -0.4 is 0 Å². The van der Waals surface area contributed by atoms with Gasteiger partial charge in [0.1, 0.15) is 5.76 Å². The van der Waals surface area contributed by atoms with E-state index in [4.69, 9.17) is 4.74 Å². The summed E-state index contributed by atoms with van der Waals surface area (Å²) in [5.41, 5.74) is 3.08. The van der Waals surface area contributed by atoms with Crippen LogP contribution in [0.2, 0.25) is 0 Å². The van der Waals surface area contributed by atoms with Crippen molar-refractivity contribution in [3.63, 3.8) is 0 Å². The molecule has 28 heavy (non-hydrogen) atoms. The van der Waals surface area contributed by atoms with E-state index in [9.17, 15) is 14.7 Å². The minimum Gasteiger partial charge on any atom is -0.430 e. The first kappa shape index (κ1) is 21.0. The number of ketones is 1. The second kappa shape index (κ2) is 7.62. The van der Waals surface area contributed by atoms with Crippen molar-refractivity contribution in [1.29, 1.82) is 0 Å². The molecule has 1 heterocycles. The van der Waals surface area contributed by atoms with E-state index in [2.05, 4.69) is 33.8 Å². The molecule has 0 bridgehead atoms. The van der Waals surface area contributed by atoms with Gasteiger partial charge in [-0.3, -0.25) is 9.59 Å². The SMILES string of the molecule is C/C1=C\[C@@H]2/C(=C(/C)CC[C@@]3(C)C(=O)C=C(C(C)C)[C@H]3CC1)OC(=O)[C@@H]2[C@H](C)O. The number of aliphatic hydroxyl groups excluding tert-OH is 1. The van der Waals surface area contributed by atoms with Crippen molar-refractivity contribution < 1.29 is 19.4 Å². The highest BCUT2D eigenvalue weighted by molar-refractivity contribution is 5.98. The fourth-order valence-corrected chi connectivity index (χ4v) is 5.24. The van der Waals surface area contributed by atoms with E-state index in [1.54, 1.807) is 6.92 Å². The molecule has 1 N–H and O–H groups in total. The van der Waals surface area contributed by atoms with E-state index >= 15 is 0 Å². The van der Waals surface area contributed by atoms with Gasteiger partial charge in [0.15, 0.2) is 5.78 Å². The molecule has 3 aliphatic rings. The zero-order chi connectivity index (χ0) is 20.8. The molecule has 2 aliphatic carbocycles. The molecule has 0 aromatic heterocycles. The molecule has 1 fully saturated rings. The Balaban J connectivity index is 2.02. The van der Waals surface area contributed by atoms with Crippen LogP contribution in [0, 0.1) is 29.1 Å². The second-order valence-corrected chi connectivity index (χ2v) is 9.54.